The number of nitrogens with one attached hydrogen (secondary N) is 2. The second-order valence-electron chi connectivity index (χ2n) is 9.92. The number of hydrogen-bond donors (Lipinski definition) is 3. The molecule has 40 heavy (non-hydrogen) atoms. The SMILES string of the molecule is CC.CC.CC1CCC(NC(=O)OC(C)(C)C)CC1.CN(Cc1cc(Cl)ccc1Cl)c1nc(N)ncc1NC=O. The number of benzene rings is 1. The van der Waals surface area contributed by atoms with Gasteiger partial charge in [0.05, 0.1) is 6.20 Å². The third-order valence-corrected chi connectivity index (χ3v) is 6.12. The Morgan fingerprint density at radius 2 is 1.75 bits per heavy atom. The minimum absolute atomic E-state index is 0.116. The molecule has 1 fully saturated rings. The van der Waals surface area contributed by atoms with Crippen LogP contribution in [0.25, 0.3) is 0 Å². The molecule has 0 atom stereocenters. The van der Waals surface area contributed by atoms with Crippen LogP contribution in [0.2, 0.25) is 10.0 Å². The fourth-order valence-electron chi connectivity index (χ4n) is 3.72. The van der Waals surface area contributed by atoms with Gasteiger partial charge in [-0.25, -0.2) is 9.78 Å². The van der Waals surface area contributed by atoms with E-state index >= 15 is 0 Å². The van der Waals surface area contributed by atoms with Crippen molar-refractivity contribution in [2.45, 2.75) is 99.3 Å². The van der Waals surface area contributed by atoms with E-state index in [0.29, 0.717) is 40.5 Å². The number of nitrogens with two attached hydrogens (primary N) is 1. The van der Waals surface area contributed by atoms with Crippen LogP contribution in [0.4, 0.5) is 22.2 Å². The second kappa shape index (κ2) is 19.3. The Morgan fingerprint density at radius 3 is 2.30 bits per heavy atom. The molecule has 1 heterocycles. The van der Waals surface area contributed by atoms with Gasteiger partial charge in [-0.05, 0) is 76.1 Å². The molecule has 0 spiro atoms. The lowest BCUT2D eigenvalue weighted by atomic mass is 9.87. The lowest BCUT2D eigenvalue weighted by Gasteiger charge is -2.28. The maximum atomic E-state index is 11.5. The maximum Gasteiger partial charge on any atom is 0.407 e. The standard InChI is InChI=1S/C13H13Cl2N5O.C12H23NO2.2C2H6/c1-20(6-8-4-9(14)2-3-10(8)15)12-11(18-7-21)5-17-13(16)19-12;1-9-5-7-10(8-6-9)13-11(14)15-12(2,3)4;2*1-2/h2-5,7H,6H2,1H3,(H,18,21)(H2,16,17,19);9-10H,5-8H2,1-4H3,(H,13,14);2*1-2H3. The molecule has 4 N–H and O–H groups in total. The third kappa shape index (κ3) is 14.6. The number of ether oxygens (including phenoxy) is 1. The molecule has 0 unspecified atom stereocenters. The molecule has 9 nitrogen and oxygen atoms in total. The average molecular weight is 600 g/mol. The van der Waals surface area contributed by atoms with Gasteiger partial charge in [-0.1, -0.05) is 57.8 Å². The molecule has 3 rings (SSSR count). The van der Waals surface area contributed by atoms with Crippen LogP contribution in [0, 0.1) is 5.92 Å². The summed E-state index contributed by atoms with van der Waals surface area (Å²) in [4.78, 5) is 31.9. The van der Waals surface area contributed by atoms with E-state index in [1.54, 1.807) is 30.1 Å². The maximum absolute atomic E-state index is 11.5. The quantitative estimate of drug-likeness (QED) is 0.291. The molecule has 0 radical (unpaired) electrons. The summed E-state index contributed by atoms with van der Waals surface area (Å²) in [7, 11) is 1.80. The zero-order valence-electron chi connectivity index (χ0n) is 25.5. The molecular formula is C29H48Cl2N6O3. The van der Waals surface area contributed by atoms with Crippen molar-refractivity contribution in [3.63, 3.8) is 0 Å². The van der Waals surface area contributed by atoms with Crippen molar-refractivity contribution in [1.29, 1.82) is 0 Å². The first-order chi connectivity index (χ1) is 18.9. The molecule has 1 aliphatic rings. The summed E-state index contributed by atoms with van der Waals surface area (Å²) >= 11 is 12.1. The Kier molecular flexibility index (Phi) is 18.0. The molecule has 2 amide bonds. The third-order valence-electron chi connectivity index (χ3n) is 5.52. The van der Waals surface area contributed by atoms with E-state index in [0.717, 1.165) is 24.3 Å². The molecule has 2 aromatic rings. The van der Waals surface area contributed by atoms with Gasteiger partial charge in [-0.15, -0.1) is 0 Å². The van der Waals surface area contributed by atoms with Gasteiger partial charge in [0.15, 0.2) is 5.82 Å². The number of carbonyl (C=O) groups is 2. The van der Waals surface area contributed by atoms with E-state index in [-0.39, 0.29) is 12.0 Å². The largest absolute Gasteiger partial charge is 0.444 e. The predicted molar refractivity (Wildman–Crippen MR) is 168 cm³/mol. The normalized spacial score (nSPS) is 15.9. The van der Waals surface area contributed by atoms with Crippen LogP contribution in [0.1, 0.15) is 86.6 Å². The lowest BCUT2D eigenvalue weighted by Crippen LogP contribution is -2.40. The van der Waals surface area contributed by atoms with Crippen molar-refractivity contribution in [3.05, 3.63) is 40.0 Å². The van der Waals surface area contributed by atoms with Gasteiger partial charge in [0.1, 0.15) is 11.3 Å². The number of hydrogen-bond acceptors (Lipinski definition) is 7. The van der Waals surface area contributed by atoms with Crippen LogP contribution in [0.3, 0.4) is 0 Å². The lowest BCUT2D eigenvalue weighted by molar-refractivity contribution is -0.105. The Labute approximate surface area is 250 Å². The zero-order chi connectivity index (χ0) is 30.9. The number of carbonyl (C=O) groups excluding carboxylic acids is 2. The van der Waals surface area contributed by atoms with Crippen LogP contribution in [-0.4, -0.2) is 41.2 Å². The van der Waals surface area contributed by atoms with E-state index < -0.39 is 5.60 Å². The van der Waals surface area contributed by atoms with Gasteiger partial charge < -0.3 is 26.0 Å². The van der Waals surface area contributed by atoms with Gasteiger partial charge in [0.25, 0.3) is 0 Å². The predicted octanol–water partition coefficient (Wildman–Crippen LogP) is 7.71. The van der Waals surface area contributed by atoms with Gasteiger partial charge in [-0.3, -0.25) is 4.79 Å². The van der Waals surface area contributed by atoms with E-state index in [4.69, 9.17) is 33.7 Å². The molecule has 0 bridgehead atoms. The highest BCUT2D eigenvalue weighted by Gasteiger charge is 2.22. The molecule has 226 valence electrons. The van der Waals surface area contributed by atoms with Crippen molar-refractivity contribution in [2.24, 2.45) is 5.92 Å². The van der Waals surface area contributed by atoms with E-state index in [2.05, 4.69) is 27.5 Å². The van der Waals surface area contributed by atoms with E-state index in [1.165, 1.54) is 19.0 Å². The Hall–Kier alpha value is -2.78. The number of anilines is 3. The molecule has 1 aliphatic carbocycles. The minimum Gasteiger partial charge on any atom is -0.444 e. The smallest absolute Gasteiger partial charge is 0.407 e. The molecule has 1 saturated carbocycles. The fourth-order valence-corrected chi connectivity index (χ4v) is 4.09. The van der Waals surface area contributed by atoms with Crippen LogP contribution in [0.15, 0.2) is 24.4 Å². The summed E-state index contributed by atoms with van der Waals surface area (Å²) in [6, 6.07) is 5.54. The number of aromatic nitrogens is 2. The van der Waals surface area contributed by atoms with Gasteiger partial charge >= 0.3 is 6.09 Å². The molecule has 1 aromatic heterocycles. The van der Waals surface area contributed by atoms with Crippen LogP contribution < -0.4 is 21.3 Å². The van der Waals surface area contributed by atoms with Crippen molar-refractivity contribution < 1.29 is 14.3 Å². The zero-order valence-corrected chi connectivity index (χ0v) is 27.0. The average Bonchev–Trinajstić information content (AvgIpc) is 2.90. The van der Waals surface area contributed by atoms with E-state index in [9.17, 15) is 9.59 Å². The summed E-state index contributed by atoms with van der Waals surface area (Å²) in [6.07, 6.45) is 6.31. The van der Waals surface area contributed by atoms with Gasteiger partial charge in [-0.2, -0.15) is 4.98 Å². The topological polar surface area (TPSA) is 122 Å². The van der Waals surface area contributed by atoms with Gasteiger partial charge in [0, 0.05) is 29.7 Å². The molecule has 11 heteroatoms. The summed E-state index contributed by atoms with van der Waals surface area (Å²) in [5, 5.41) is 6.66. The number of halogens is 2. The van der Waals surface area contributed by atoms with Crippen molar-refractivity contribution in [1.82, 2.24) is 15.3 Å². The highest BCUT2D eigenvalue weighted by atomic mass is 35.5. The monoisotopic (exact) mass is 598 g/mol. The fraction of sp³-hybridized carbons (Fsp3) is 0.586. The highest BCUT2D eigenvalue weighted by Crippen LogP contribution is 2.27. The summed E-state index contributed by atoms with van der Waals surface area (Å²) in [5.74, 6) is 1.41. The number of alkyl carbamates (subject to hydrolysis) is 1. The molecule has 0 saturated heterocycles. The summed E-state index contributed by atoms with van der Waals surface area (Å²) < 4.78 is 5.22. The minimum atomic E-state index is -0.397. The highest BCUT2D eigenvalue weighted by molar-refractivity contribution is 6.33. The van der Waals surface area contributed by atoms with Crippen LogP contribution in [-0.2, 0) is 16.1 Å². The van der Waals surface area contributed by atoms with Crippen molar-refractivity contribution in [2.75, 3.05) is 23.0 Å². The summed E-state index contributed by atoms with van der Waals surface area (Å²) in [6.45, 7) is 16.4. The molecule has 0 aliphatic heterocycles. The number of nitrogens with zero attached hydrogens (tertiary/aromatic N) is 3. The number of amides is 2. The Bertz CT molecular complexity index is 1030. The first-order valence-corrected chi connectivity index (χ1v) is 14.6. The van der Waals surface area contributed by atoms with Gasteiger partial charge in [0.2, 0.25) is 12.4 Å². The van der Waals surface area contributed by atoms with Crippen LogP contribution >= 0.6 is 23.2 Å². The molecule has 1 aromatic carbocycles. The second-order valence-corrected chi connectivity index (χ2v) is 10.8. The van der Waals surface area contributed by atoms with Crippen molar-refractivity contribution in [3.8, 4) is 0 Å². The van der Waals surface area contributed by atoms with E-state index in [1.807, 2.05) is 48.5 Å². The van der Waals surface area contributed by atoms with Crippen LogP contribution in [0.5, 0.6) is 0 Å². The Morgan fingerprint density at radius 1 is 1.15 bits per heavy atom. The number of nitrogen functional groups attached to an aromatic ring is 1. The summed E-state index contributed by atoms with van der Waals surface area (Å²) in [5.41, 5.74) is 6.49. The molecular weight excluding hydrogens is 551 g/mol. The Balaban J connectivity index is 0.000000706. The number of rotatable bonds is 6. The van der Waals surface area contributed by atoms with Crippen molar-refractivity contribution >= 4 is 53.2 Å². The first kappa shape index (κ1) is 37.2. The first-order valence-electron chi connectivity index (χ1n) is 13.8.